The van der Waals surface area contributed by atoms with Gasteiger partial charge in [0.2, 0.25) is 5.89 Å². The van der Waals surface area contributed by atoms with E-state index in [-0.39, 0.29) is 13.1 Å². The van der Waals surface area contributed by atoms with Gasteiger partial charge in [0, 0.05) is 11.3 Å². The van der Waals surface area contributed by atoms with Gasteiger partial charge in [0.15, 0.2) is 5.65 Å². The number of nitrogens with zero attached hydrogens (tertiary/aromatic N) is 4. The Hall–Kier alpha value is -4.20. The number of rotatable bonds is 5. The van der Waals surface area contributed by atoms with Gasteiger partial charge < -0.3 is 8.83 Å². The average Bonchev–Trinajstić information content (AvgIpc) is 3.44. The summed E-state index contributed by atoms with van der Waals surface area (Å²) in [6.45, 7) is 5.61. The van der Waals surface area contributed by atoms with Crippen molar-refractivity contribution >= 4 is 11.0 Å². The first-order valence-corrected chi connectivity index (χ1v) is 10.6. The Kier molecular flexibility index (Phi) is 5.05. The van der Waals surface area contributed by atoms with Crippen molar-refractivity contribution < 1.29 is 8.83 Å². The number of furan rings is 1. The molecule has 0 amide bonds. The lowest BCUT2D eigenvalue weighted by Crippen LogP contribution is -2.41. The van der Waals surface area contributed by atoms with Crippen molar-refractivity contribution in [3.8, 4) is 11.5 Å². The van der Waals surface area contributed by atoms with Crippen LogP contribution in [0, 0.1) is 20.8 Å². The lowest BCUT2D eigenvalue weighted by atomic mass is 10.1. The molecule has 33 heavy (non-hydrogen) atoms. The first-order chi connectivity index (χ1) is 15.9. The number of aryl methyl sites for hydroxylation is 3. The summed E-state index contributed by atoms with van der Waals surface area (Å²) in [5.74, 6) is 1.59. The maximum Gasteiger partial charge on any atom is 0.333 e. The fourth-order valence-electron chi connectivity index (χ4n) is 4.00. The smallest absolute Gasteiger partial charge is 0.333 e. The van der Waals surface area contributed by atoms with Gasteiger partial charge in [-0.2, -0.15) is 0 Å². The van der Waals surface area contributed by atoms with E-state index in [1.807, 2.05) is 50.2 Å². The van der Waals surface area contributed by atoms with Gasteiger partial charge in [-0.3, -0.25) is 13.9 Å². The van der Waals surface area contributed by atoms with Crippen LogP contribution >= 0.6 is 0 Å². The fourth-order valence-corrected chi connectivity index (χ4v) is 4.00. The van der Waals surface area contributed by atoms with Crippen molar-refractivity contribution in [3.05, 3.63) is 104 Å². The van der Waals surface area contributed by atoms with E-state index in [1.165, 1.54) is 9.13 Å². The van der Waals surface area contributed by atoms with Crippen molar-refractivity contribution in [1.82, 2.24) is 19.1 Å². The zero-order valence-corrected chi connectivity index (χ0v) is 18.5. The molecule has 0 saturated heterocycles. The van der Waals surface area contributed by atoms with Gasteiger partial charge >= 0.3 is 5.69 Å². The van der Waals surface area contributed by atoms with Crippen molar-refractivity contribution in [2.45, 2.75) is 33.9 Å². The predicted molar refractivity (Wildman–Crippen MR) is 123 cm³/mol. The molecule has 0 atom stereocenters. The zero-order chi connectivity index (χ0) is 23.1. The van der Waals surface area contributed by atoms with Gasteiger partial charge in [-0.15, -0.1) is 0 Å². The zero-order valence-electron chi connectivity index (χ0n) is 18.5. The normalized spacial score (nSPS) is 11.4. The highest BCUT2D eigenvalue weighted by Crippen LogP contribution is 2.22. The summed E-state index contributed by atoms with van der Waals surface area (Å²) in [4.78, 5) is 36.1. The second kappa shape index (κ2) is 8.05. The number of benzene rings is 1. The van der Waals surface area contributed by atoms with Gasteiger partial charge in [-0.05, 0) is 56.7 Å². The Morgan fingerprint density at radius 2 is 1.70 bits per heavy atom. The van der Waals surface area contributed by atoms with Crippen molar-refractivity contribution in [2.24, 2.45) is 0 Å². The van der Waals surface area contributed by atoms with E-state index in [4.69, 9.17) is 8.83 Å². The number of pyridine rings is 1. The monoisotopic (exact) mass is 442 g/mol. The van der Waals surface area contributed by atoms with Gasteiger partial charge in [0.1, 0.15) is 17.2 Å². The number of oxazole rings is 1. The molecule has 1 aromatic carbocycles. The second-order valence-corrected chi connectivity index (χ2v) is 8.01. The van der Waals surface area contributed by atoms with Crippen molar-refractivity contribution in [2.75, 3.05) is 0 Å². The fraction of sp³-hybridized carbons (Fsp3) is 0.200. The number of fused-ring (bicyclic) bond motifs is 1. The summed E-state index contributed by atoms with van der Waals surface area (Å²) in [7, 11) is 0. The van der Waals surface area contributed by atoms with Gasteiger partial charge in [-0.1, -0.05) is 18.2 Å². The van der Waals surface area contributed by atoms with Crippen LogP contribution in [0.4, 0.5) is 0 Å². The number of aromatic nitrogens is 4. The SMILES string of the molecule is Cc1cc(C)c2c(=O)n(Cc3nc(-c4ccccc4)oc3C)c(=O)n(Cc3ccco3)c2n1. The molecule has 0 aliphatic heterocycles. The molecule has 8 nitrogen and oxygen atoms in total. The summed E-state index contributed by atoms with van der Waals surface area (Å²) in [5.41, 5.74) is 2.29. The first kappa shape index (κ1) is 20.7. The summed E-state index contributed by atoms with van der Waals surface area (Å²) in [6, 6.07) is 14.9. The molecule has 166 valence electrons. The van der Waals surface area contributed by atoms with E-state index < -0.39 is 11.2 Å². The molecule has 0 N–H and O–H groups in total. The summed E-state index contributed by atoms with van der Waals surface area (Å²) in [5, 5.41) is 0.399. The Bertz CT molecular complexity index is 1580. The van der Waals surface area contributed by atoms with E-state index in [9.17, 15) is 9.59 Å². The lowest BCUT2D eigenvalue weighted by Gasteiger charge is -2.14. The van der Waals surface area contributed by atoms with E-state index in [2.05, 4.69) is 9.97 Å². The first-order valence-electron chi connectivity index (χ1n) is 10.6. The van der Waals surface area contributed by atoms with Crippen LogP contribution in [0.25, 0.3) is 22.5 Å². The van der Waals surface area contributed by atoms with E-state index >= 15 is 0 Å². The molecule has 0 aliphatic rings. The molecule has 0 fully saturated rings. The Labute approximate surface area is 188 Å². The summed E-state index contributed by atoms with van der Waals surface area (Å²) < 4.78 is 14.0. The molecule has 0 unspecified atom stereocenters. The third-order valence-electron chi connectivity index (χ3n) is 5.62. The van der Waals surface area contributed by atoms with Crippen LogP contribution in [-0.4, -0.2) is 19.1 Å². The minimum atomic E-state index is -0.481. The van der Waals surface area contributed by atoms with Crippen LogP contribution in [0.1, 0.15) is 28.5 Å². The van der Waals surface area contributed by atoms with Gasteiger partial charge in [-0.25, -0.2) is 14.8 Å². The molecular formula is C25H22N4O4. The minimum Gasteiger partial charge on any atom is -0.467 e. The van der Waals surface area contributed by atoms with Crippen molar-refractivity contribution in [1.29, 1.82) is 0 Å². The minimum absolute atomic E-state index is 0.0127. The van der Waals surface area contributed by atoms with Gasteiger partial charge in [0.05, 0.1) is 24.7 Å². The maximum absolute atomic E-state index is 13.5. The van der Waals surface area contributed by atoms with Gasteiger partial charge in [0.25, 0.3) is 5.56 Å². The van der Waals surface area contributed by atoms with E-state index in [0.29, 0.717) is 34.1 Å². The number of hydrogen-bond donors (Lipinski definition) is 0. The highest BCUT2D eigenvalue weighted by molar-refractivity contribution is 5.78. The molecule has 0 radical (unpaired) electrons. The average molecular weight is 442 g/mol. The topological polar surface area (TPSA) is 96.1 Å². The molecule has 5 rings (SSSR count). The second-order valence-electron chi connectivity index (χ2n) is 8.01. The number of hydrogen-bond acceptors (Lipinski definition) is 6. The Morgan fingerprint density at radius 3 is 2.42 bits per heavy atom. The third-order valence-corrected chi connectivity index (χ3v) is 5.62. The quantitative estimate of drug-likeness (QED) is 0.410. The van der Waals surface area contributed by atoms with Crippen LogP contribution in [0.15, 0.2) is 73.2 Å². The van der Waals surface area contributed by atoms with Crippen LogP contribution < -0.4 is 11.2 Å². The van der Waals surface area contributed by atoms with E-state index in [0.717, 1.165) is 16.8 Å². The van der Waals surface area contributed by atoms with E-state index in [1.54, 1.807) is 25.3 Å². The molecule has 0 bridgehead atoms. The van der Waals surface area contributed by atoms with Crippen LogP contribution in [0.5, 0.6) is 0 Å². The largest absolute Gasteiger partial charge is 0.467 e. The van der Waals surface area contributed by atoms with Crippen LogP contribution in [0.3, 0.4) is 0 Å². The van der Waals surface area contributed by atoms with Crippen LogP contribution in [-0.2, 0) is 13.1 Å². The molecular weight excluding hydrogens is 420 g/mol. The summed E-state index contributed by atoms with van der Waals surface area (Å²) in [6.07, 6.45) is 1.55. The molecule has 5 aromatic rings. The third kappa shape index (κ3) is 3.69. The standard InChI is InChI=1S/C25H22N4O4/c1-15-12-16(2)26-22-21(15)24(30)29(25(31)28(22)13-19-10-7-11-32-19)14-20-17(3)33-23(27-20)18-8-5-4-6-9-18/h4-12H,13-14H2,1-3H3. The summed E-state index contributed by atoms with van der Waals surface area (Å²) >= 11 is 0. The molecule has 0 spiro atoms. The highest BCUT2D eigenvalue weighted by Gasteiger charge is 2.20. The predicted octanol–water partition coefficient (Wildman–Crippen LogP) is 3.83. The highest BCUT2D eigenvalue weighted by atomic mass is 16.4. The van der Waals surface area contributed by atoms with Crippen molar-refractivity contribution in [3.63, 3.8) is 0 Å². The molecule has 8 heteroatoms. The maximum atomic E-state index is 13.5. The molecule has 4 aromatic heterocycles. The van der Waals surface area contributed by atoms with Crippen LogP contribution in [0.2, 0.25) is 0 Å². The lowest BCUT2D eigenvalue weighted by molar-refractivity contribution is 0.483. The Morgan fingerprint density at radius 1 is 0.909 bits per heavy atom. The molecule has 0 aliphatic carbocycles. The molecule has 0 saturated carbocycles. The Balaban J connectivity index is 1.69. The molecule has 4 heterocycles.